The number of hydrogen-bond acceptors (Lipinski definition) is 7. The molecule has 2 aromatic rings. The van der Waals surface area contributed by atoms with Crippen molar-refractivity contribution in [2.75, 3.05) is 13.2 Å². The SMILES string of the molecule is CCOc1ccc(Cc2cc3c(cc2Cl)COC32O[C@H](CO)[C@@H](O)[C@H](O)[C@H]2O)cc1. The molecule has 0 aliphatic carbocycles. The van der Waals surface area contributed by atoms with Gasteiger partial charge in [-0.15, -0.1) is 0 Å². The number of fused-ring (bicyclic) bond motifs is 2. The van der Waals surface area contributed by atoms with Crippen LogP contribution in [0.15, 0.2) is 36.4 Å². The number of hydrogen-bond donors (Lipinski definition) is 4. The normalized spacial score (nSPS) is 30.5. The third kappa shape index (κ3) is 3.61. The predicted octanol–water partition coefficient (Wildman–Crippen LogP) is 1.49. The molecule has 0 aromatic heterocycles. The van der Waals surface area contributed by atoms with Crippen LogP contribution in [-0.4, -0.2) is 58.1 Å². The molecule has 2 heterocycles. The summed E-state index contributed by atoms with van der Waals surface area (Å²) >= 11 is 6.50. The van der Waals surface area contributed by atoms with Crippen LogP contribution in [0.3, 0.4) is 0 Å². The van der Waals surface area contributed by atoms with Crippen LogP contribution in [0.1, 0.15) is 29.2 Å². The van der Waals surface area contributed by atoms with E-state index < -0.39 is 36.8 Å². The van der Waals surface area contributed by atoms with E-state index in [0.29, 0.717) is 23.6 Å². The molecular formula is C22H25ClO7. The molecule has 4 N–H and O–H groups in total. The summed E-state index contributed by atoms with van der Waals surface area (Å²) in [4.78, 5) is 0. The molecule has 4 rings (SSSR count). The summed E-state index contributed by atoms with van der Waals surface area (Å²) < 4.78 is 17.1. The summed E-state index contributed by atoms with van der Waals surface area (Å²) in [5, 5.41) is 41.2. The summed E-state index contributed by atoms with van der Waals surface area (Å²) in [6.45, 7) is 2.11. The molecule has 1 unspecified atom stereocenters. The smallest absolute Gasteiger partial charge is 0.225 e. The molecule has 1 fully saturated rings. The number of aliphatic hydroxyl groups excluding tert-OH is 4. The van der Waals surface area contributed by atoms with Crippen molar-refractivity contribution >= 4 is 11.6 Å². The van der Waals surface area contributed by atoms with E-state index in [0.717, 1.165) is 22.4 Å². The van der Waals surface area contributed by atoms with Gasteiger partial charge in [-0.3, -0.25) is 0 Å². The molecule has 8 heteroatoms. The van der Waals surface area contributed by atoms with Crippen molar-refractivity contribution in [2.45, 2.75) is 50.2 Å². The second kappa shape index (κ2) is 8.43. The maximum absolute atomic E-state index is 10.7. The average molecular weight is 437 g/mol. The Bertz CT molecular complexity index is 901. The molecule has 0 saturated carbocycles. The summed E-state index contributed by atoms with van der Waals surface area (Å²) in [6.07, 6.45) is -5.07. The lowest BCUT2D eigenvalue weighted by Gasteiger charge is -2.46. The third-order valence-corrected chi connectivity index (χ3v) is 6.02. The van der Waals surface area contributed by atoms with Crippen molar-refractivity contribution in [2.24, 2.45) is 0 Å². The van der Waals surface area contributed by atoms with Crippen molar-refractivity contribution in [3.05, 3.63) is 63.7 Å². The van der Waals surface area contributed by atoms with E-state index in [-0.39, 0.29) is 6.61 Å². The lowest BCUT2D eigenvalue weighted by atomic mass is 9.86. The quantitative estimate of drug-likeness (QED) is 0.562. The zero-order valence-corrected chi connectivity index (χ0v) is 17.2. The molecule has 0 amide bonds. The molecule has 2 aliphatic rings. The Morgan fingerprint density at radius 2 is 1.87 bits per heavy atom. The predicted molar refractivity (Wildman–Crippen MR) is 108 cm³/mol. The summed E-state index contributed by atoms with van der Waals surface area (Å²) in [5.74, 6) is -0.894. The highest BCUT2D eigenvalue weighted by Crippen LogP contribution is 2.47. The number of benzene rings is 2. The molecule has 5 atom stereocenters. The van der Waals surface area contributed by atoms with Gasteiger partial charge in [0.1, 0.15) is 30.2 Å². The van der Waals surface area contributed by atoms with Gasteiger partial charge in [0.2, 0.25) is 5.79 Å². The van der Waals surface area contributed by atoms with Gasteiger partial charge >= 0.3 is 0 Å². The fourth-order valence-corrected chi connectivity index (χ4v) is 4.33. The van der Waals surface area contributed by atoms with Crippen LogP contribution in [0.2, 0.25) is 5.02 Å². The van der Waals surface area contributed by atoms with Crippen LogP contribution in [0, 0.1) is 0 Å². The van der Waals surface area contributed by atoms with E-state index in [1.165, 1.54) is 0 Å². The Morgan fingerprint density at radius 1 is 1.13 bits per heavy atom. The number of ether oxygens (including phenoxy) is 3. The molecule has 162 valence electrons. The number of rotatable bonds is 5. The van der Waals surface area contributed by atoms with Crippen LogP contribution in [0.25, 0.3) is 0 Å². The fourth-order valence-electron chi connectivity index (χ4n) is 4.07. The molecule has 0 bridgehead atoms. The maximum Gasteiger partial charge on any atom is 0.225 e. The molecule has 30 heavy (non-hydrogen) atoms. The van der Waals surface area contributed by atoms with E-state index in [4.69, 9.17) is 25.8 Å². The number of halogens is 1. The first-order valence-corrected chi connectivity index (χ1v) is 10.3. The monoisotopic (exact) mass is 436 g/mol. The highest BCUT2D eigenvalue weighted by Gasteiger charge is 2.58. The summed E-state index contributed by atoms with van der Waals surface area (Å²) in [6, 6.07) is 11.2. The molecule has 1 saturated heterocycles. The molecule has 2 aromatic carbocycles. The zero-order chi connectivity index (χ0) is 21.5. The van der Waals surface area contributed by atoms with Gasteiger partial charge in [0.05, 0.1) is 19.8 Å². The largest absolute Gasteiger partial charge is 0.494 e. The van der Waals surface area contributed by atoms with E-state index in [1.54, 1.807) is 12.1 Å². The Hall–Kier alpha value is -1.71. The Kier molecular flexibility index (Phi) is 6.05. The summed E-state index contributed by atoms with van der Waals surface area (Å²) in [7, 11) is 0. The average Bonchev–Trinajstić information content (AvgIpc) is 3.09. The van der Waals surface area contributed by atoms with Crippen LogP contribution in [-0.2, 0) is 28.3 Å². The van der Waals surface area contributed by atoms with Crippen molar-refractivity contribution in [1.82, 2.24) is 0 Å². The van der Waals surface area contributed by atoms with Gasteiger partial charge in [-0.1, -0.05) is 23.7 Å². The first kappa shape index (κ1) is 21.5. The van der Waals surface area contributed by atoms with Crippen molar-refractivity contribution < 1.29 is 34.6 Å². The second-order valence-corrected chi connectivity index (χ2v) is 7.98. The van der Waals surface area contributed by atoms with Gasteiger partial charge in [-0.2, -0.15) is 0 Å². The van der Waals surface area contributed by atoms with E-state index >= 15 is 0 Å². The Morgan fingerprint density at radius 3 is 2.53 bits per heavy atom. The molecule has 2 aliphatic heterocycles. The lowest BCUT2D eigenvalue weighted by Crippen LogP contribution is -2.63. The second-order valence-electron chi connectivity index (χ2n) is 7.58. The summed E-state index contributed by atoms with van der Waals surface area (Å²) in [5.41, 5.74) is 3.06. The first-order chi connectivity index (χ1) is 14.4. The minimum absolute atomic E-state index is 0.121. The van der Waals surface area contributed by atoms with Gasteiger partial charge in [-0.05, 0) is 54.3 Å². The topological polar surface area (TPSA) is 109 Å². The van der Waals surface area contributed by atoms with Crippen molar-refractivity contribution in [1.29, 1.82) is 0 Å². The van der Waals surface area contributed by atoms with Gasteiger partial charge in [0.15, 0.2) is 0 Å². The maximum atomic E-state index is 10.7. The lowest BCUT2D eigenvalue weighted by molar-refractivity contribution is -0.368. The van der Waals surface area contributed by atoms with Crippen LogP contribution in [0.4, 0.5) is 0 Å². The Balaban J connectivity index is 1.67. The fraction of sp³-hybridized carbons (Fsp3) is 0.455. The minimum Gasteiger partial charge on any atom is -0.494 e. The minimum atomic E-state index is -1.68. The van der Waals surface area contributed by atoms with Gasteiger partial charge < -0.3 is 34.6 Å². The van der Waals surface area contributed by atoms with Gasteiger partial charge in [0.25, 0.3) is 0 Å². The van der Waals surface area contributed by atoms with Crippen molar-refractivity contribution in [3.63, 3.8) is 0 Å². The van der Waals surface area contributed by atoms with E-state index in [1.807, 2.05) is 31.2 Å². The molecular weight excluding hydrogens is 412 g/mol. The van der Waals surface area contributed by atoms with E-state index in [2.05, 4.69) is 0 Å². The molecule has 1 spiro atoms. The first-order valence-electron chi connectivity index (χ1n) is 9.90. The van der Waals surface area contributed by atoms with Crippen LogP contribution >= 0.6 is 11.6 Å². The van der Waals surface area contributed by atoms with E-state index in [9.17, 15) is 20.4 Å². The highest BCUT2D eigenvalue weighted by molar-refractivity contribution is 6.31. The zero-order valence-electron chi connectivity index (χ0n) is 16.5. The van der Waals surface area contributed by atoms with Crippen LogP contribution < -0.4 is 4.74 Å². The standard InChI is InChI=1S/C22H25ClO7/c1-2-28-15-5-3-12(4-6-15)7-13-8-16-14(9-17(13)23)11-29-22(16)21(27)20(26)19(25)18(10-24)30-22/h3-6,8-9,18-21,24-27H,2,7,10-11H2,1H3/t18-,19-,20+,21-,22?/m1/s1. The van der Waals surface area contributed by atoms with Crippen LogP contribution in [0.5, 0.6) is 5.75 Å². The number of aliphatic hydroxyl groups is 4. The van der Waals surface area contributed by atoms with Gasteiger partial charge in [0, 0.05) is 10.6 Å². The van der Waals surface area contributed by atoms with Crippen molar-refractivity contribution in [3.8, 4) is 5.75 Å². The Labute approximate surface area is 179 Å². The third-order valence-electron chi connectivity index (χ3n) is 5.67. The molecule has 7 nitrogen and oxygen atoms in total. The highest BCUT2D eigenvalue weighted by atomic mass is 35.5. The molecule has 0 radical (unpaired) electrons. The van der Waals surface area contributed by atoms with Gasteiger partial charge in [-0.25, -0.2) is 0 Å².